The molecular weight excluding hydrogens is 328 g/mol. The number of rotatable bonds is 4. The third-order valence-electron chi connectivity index (χ3n) is 4.49. The fourth-order valence-corrected chi connectivity index (χ4v) is 3.22. The van der Waals surface area contributed by atoms with Gasteiger partial charge in [-0.1, -0.05) is 0 Å². The summed E-state index contributed by atoms with van der Waals surface area (Å²) in [6, 6.07) is 6.44. The quantitative estimate of drug-likeness (QED) is 0.779. The molecule has 7 heteroatoms. The Balaban J connectivity index is 1.86. The van der Waals surface area contributed by atoms with E-state index in [1.807, 2.05) is 10.7 Å². The van der Waals surface area contributed by atoms with E-state index in [9.17, 15) is 0 Å². The summed E-state index contributed by atoms with van der Waals surface area (Å²) in [7, 11) is 0. The van der Waals surface area contributed by atoms with E-state index < -0.39 is 0 Å². The van der Waals surface area contributed by atoms with Crippen LogP contribution in [0.1, 0.15) is 31.9 Å². The fourth-order valence-electron chi connectivity index (χ4n) is 3.22. The molecule has 1 unspecified atom stereocenters. The molecular formula is C19H20N6O. The molecule has 0 spiro atoms. The Morgan fingerprint density at radius 2 is 2.19 bits per heavy atom. The molecule has 0 aliphatic carbocycles. The molecule has 7 nitrogen and oxygen atoms in total. The first-order chi connectivity index (χ1) is 12.7. The molecule has 1 aliphatic rings. The second-order valence-electron chi connectivity index (χ2n) is 6.75. The zero-order valence-electron chi connectivity index (χ0n) is 14.8. The largest absolute Gasteiger partial charge is 0.379 e. The van der Waals surface area contributed by atoms with Gasteiger partial charge < -0.3 is 10.1 Å². The number of anilines is 1. The highest BCUT2D eigenvalue weighted by Gasteiger charge is 2.20. The Bertz CT molecular complexity index is 981. The van der Waals surface area contributed by atoms with Crippen LogP contribution in [0, 0.1) is 11.3 Å². The monoisotopic (exact) mass is 348 g/mol. The topological polar surface area (TPSA) is 88.7 Å². The summed E-state index contributed by atoms with van der Waals surface area (Å²) in [4.78, 5) is 8.91. The Hall–Kier alpha value is -2.98. The van der Waals surface area contributed by atoms with Crippen LogP contribution in [0.5, 0.6) is 0 Å². The van der Waals surface area contributed by atoms with Gasteiger partial charge in [-0.2, -0.15) is 10.4 Å². The molecule has 1 aliphatic heterocycles. The van der Waals surface area contributed by atoms with Crippen LogP contribution in [0.25, 0.3) is 22.3 Å². The Kier molecular flexibility index (Phi) is 4.27. The van der Waals surface area contributed by atoms with Crippen LogP contribution in [0.4, 0.5) is 5.69 Å². The van der Waals surface area contributed by atoms with Crippen molar-refractivity contribution in [2.45, 2.75) is 32.4 Å². The first-order valence-electron chi connectivity index (χ1n) is 8.74. The maximum absolute atomic E-state index is 9.14. The van der Waals surface area contributed by atoms with Crippen molar-refractivity contribution in [1.82, 2.24) is 19.7 Å². The predicted molar refractivity (Wildman–Crippen MR) is 98.7 cm³/mol. The van der Waals surface area contributed by atoms with Crippen molar-refractivity contribution < 1.29 is 4.74 Å². The number of hydrogen-bond acceptors (Lipinski definition) is 6. The Morgan fingerprint density at radius 1 is 1.31 bits per heavy atom. The number of hydrogen-bond donors (Lipinski definition) is 1. The lowest BCUT2D eigenvalue weighted by Crippen LogP contribution is -2.20. The molecule has 3 aromatic rings. The minimum Gasteiger partial charge on any atom is -0.379 e. The van der Waals surface area contributed by atoms with Gasteiger partial charge >= 0.3 is 0 Å². The fraction of sp³-hybridized carbons (Fsp3) is 0.368. The van der Waals surface area contributed by atoms with E-state index in [1.54, 1.807) is 24.7 Å². The standard InChI is InChI=1S/C19H20N6O/c1-12(2)25-19-17(23-15-3-4-26-11-15)6-16(24-18(19)10-22-25)14-5-13(7-20)8-21-9-14/h5-6,8-10,12,15H,3-4,11H2,1-2H3,(H,23,24). The molecule has 0 radical (unpaired) electrons. The van der Waals surface area contributed by atoms with Crippen LogP contribution in [0.2, 0.25) is 0 Å². The summed E-state index contributed by atoms with van der Waals surface area (Å²) in [6.45, 7) is 5.67. The summed E-state index contributed by atoms with van der Waals surface area (Å²) in [6.07, 6.45) is 6.04. The van der Waals surface area contributed by atoms with E-state index >= 15 is 0 Å². The lowest BCUT2D eigenvalue weighted by molar-refractivity contribution is 0.195. The maximum Gasteiger partial charge on any atom is 0.111 e. The smallest absolute Gasteiger partial charge is 0.111 e. The van der Waals surface area contributed by atoms with E-state index in [0.29, 0.717) is 12.2 Å². The molecule has 0 saturated carbocycles. The van der Waals surface area contributed by atoms with Gasteiger partial charge in [0, 0.05) is 30.6 Å². The molecule has 0 amide bonds. The molecule has 1 atom stereocenters. The third-order valence-corrected chi connectivity index (χ3v) is 4.49. The zero-order valence-corrected chi connectivity index (χ0v) is 14.8. The summed E-state index contributed by atoms with van der Waals surface area (Å²) < 4.78 is 7.48. The van der Waals surface area contributed by atoms with E-state index in [1.165, 1.54) is 0 Å². The second-order valence-corrected chi connectivity index (χ2v) is 6.75. The molecule has 0 aromatic carbocycles. The van der Waals surface area contributed by atoms with Gasteiger partial charge in [0.05, 0.1) is 35.8 Å². The van der Waals surface area contributed by atoms with Gasteiger partial charge in [-0.05, 0) is 32.4 Å². The molecule has 1 saturated heterocycles. The first kappa shape index (κ1) is 16.5. The molecule has 1 N–H and O–H groups in total. The Morgan fingerprint density at radius 3 is 2.92 bits per heavy atom. The van der Waals surface area contributed by atoms with Crippen molar-refractivity contribution in [2.75, 3.05) is 18.5 Å². The maximum atomic E-state index is 9.14. The Labute approximate surface area is 151 Å². The lowest BCUT2D eigenvalue weighted by atomic mass is 10.1. The summed E-state index contributed by atoms with van der Waals surface area (Å²) in [5, 5.41) is 17.2. The minimum absolute atomic E-state index is 0.226. The average molecular weight is 348 g/mol. The van der Waals surface area contributed by atoms with Crippen LogP contribution in [-0.4, -0.2) is 39.0 Å². The van der Waals surface area contributed by atoms with Crippen molar-refractivity contribution in [3.63, 3.8) is 0 Å². The second kappa shape index (κ2) is 6.73. The molecule has 4 rings (SSSR count). The third kappa shape index (κ3) is 3.00. The zero-order chi connectivity index (χ0) is 18.1. The van der Waals surface area contributed by atoms with Gasteiger partial charge in [0.15, 0.2) is 0 Å². The molecule has 0 bridgehead atoms. The number of nitriles is 1. The summed E-state index contributed by atoms with van der Waals surface area (Å²) >= 11 is 0. The van der Waals surface area contributed by atoms with Crippen LogP contribution in [-0.2, 0) is 4.74 Å². The van der Waals surface area contributed by atoms with E-state index in [4.69, 9.17) is 15.0 Å². The summed E-state index contributed by atoms with van der Waals surface area (Å²) in [5.41, 5.74) is 4.89. The van der Waals surface area contributed by atoms with Crippen LogP contribution < -0.4 is 5.32 Å². The summed E-state index contributed by atoms with van der Waals surface area (Å²) in [5.74, 6) is 0. The normalized spacial score (nSPS) is 16.9. The molecule has 26 heavy (non-hydrogen) atoms. The molecule has 132 valence electrons. The average Bonchev–Trinajstić information content (AvgIpc) is 3.31. The molecule has 4 heterocycles. The van der Waals surface area contributed by atoms with Gasteiger partial charge in [-0.3, -0.25) is 9.67 Å². The van der Waals surface area contributed by atoms with Crippen molar-refractivity contribution in [1.29, 1.82) is 5.26 Å². The predicted octanol–water partition coefficient (Wildman–Crippen LogP) is 3.15. The first-order valence-corrected chi connectivity index (χ1v) is 8.74. The van der Waals surface area contributed by atoms with Gasteiger partial charge in [0.25, 0.3) is 0 Å². The minimum atomic E-state index is 0.226. The molecule has 3 aromatic heterocycles. The number of ether oxygens (including phenoxy) is 1. The highest BCUT2D eigenvalue weighted by molar-refractivity contribution is 5.91. The molecule has 1 fully saturated rings. The van der Waals surface area contributed by atoms with Crippen molar-refractivity contribution in [2.24, 2.45) is 0 Å². The van der Waals surface area contributed by atoms with Crippen LogP contribution in [0.3, 0.4) is 0 Å². The van der Waals surface area contributed by atoms with Gasteiger partial charge in [0.2, 0.25) is 0 Å². The van der Waals surface area contributed by atoms with Crippen molar-refractivity contribution in [3.05, 3.63) is 36.3 Å². The SMILES string of the molecule is CC(C)n1ncc2nc(-c3cncc(C#N)c3)cc(NC3CCOC3)c21. The number of nitrogens with one attached hydrogen (secondary N) is 1. The van der Waals surface area contributed by atoms with E-state index in [0.717, 1.165) is 41.0 Å². The number of aromatic nitrogens is 4. The van der Waals surface area contributed by atoms with Crippen LogP contribution in [0.15, 0.2) is 30.7 Å². The van der Waals surface area contributed by atoms with E-state index in [-0.39, 0.29) is 12.1 Å². The van der Waals surface area contributed by atoms with Gasteiger partial charge in [0.1, 0.15) is 17.1 Å². The van der Waals surface area contributed by atoms with Gasteiger partial charge in [-0.25, -0.2) is 4.98 Å². The lowest BCUT2D eigenvalue weighted by Gasteiger charge is -2.17. The van der Waals surface area contributed by atoms with Gasteiger partial charge in [-0.15, -0.1) is 0 Å². The van der Waals surface area contributed by atoms with E-state index in [2.05, 4.69) is 35.3 Å². The number of nitrogens with zero attached hydrogens (tertiary/aromatic N) is 5. The highest BCUT2D eigenvalue weighted by Crippen LogP contribution is 2.31. The van der Waals surface area contributed by atoms with Crippen molar-refractivity contribution >= 4 is 16.7 Å². The number of pyridine rings is 2. The van der Waals surface area contributed by atoms with Crippen LogP contribution >= 0.6 is 0 Å². The van der Waals surface area contributed by atoms with Crippen molar-refractivity contribution in [3.8, 4) is 17.3 Å². The number of fused-ring (bicyclic) bond motifs is 1. The highest BCUT2D eigenvalue weighted by atomic mass is 16.5.